The van der Waals surface area contributed by atoms with E-state index in [2.05, 4.69) is 20.8 Å². The van der Waals surface area contributed by atoms with Crippen LogP contribution in [0.2, 0.25) is 0 Å². The predicted molar refractivity (Wildman–Crippen MR) is 71.3 cm³/mol. The molecule has 4 nitrogen and oxygen atoms in total. The highest BCUT2D eigenvalue weighted by Gasteiger charge is 2.20. The van der Waals surface area contributed by atoms with Crippen LogP contribution in [0.15, 0.2) is 0 Å². The molecule has 1 aliphatic heterocycles. The molecule has 0 aromatic carbocycles. The Morgan fingerprint density at radius 3 is 2.50 bits per heavy atom. The molecule has 4 heteroatoms. The van der Waals surface area contributed by atoms with Crippen molar-refractivity contribution in [2.45, 2.75) is 58.7 Å². The van der Waals surface area contributed by atoms with E-state index in [1.807, 2.05) is 4.90 Å². The molecule has 106 valence electrons. The van der Waals surface area contributed by atoms with Crippen molar-refractivity contribution in [1.82, 2.24) is 4.90 Å². The van der Waals surface area contributed by atoms with E-state index in [0.717, 1.165) is 6.42 Å². The van der Waals surface area contributed by atoms with Gasteiger partial charge < -0.3 is 14.7 Å². The second-order valence-electron chi connectivity index (χ2n) is 5.67. The topological polar surface area (TPSA) is 49.8 Å². The largest absolute Gasteiger partial charge is 0.393 e. The Bertz CT molecular complexity index is 247. The molecule has 0 spiro atoms. The molecule has 1 saturated heterocycles. The Hall–Kier alpha value is -0.610. The molecule has 0 aromatic rings. The van der Waals surface area contributed by atoms with E-state index >= 15 is 0 Å². The Kier molecular flexibility index (Phi) is 6.65. The Labute approximate surface area is 110 Å². The average Bonchev–Trinajstić information content (AvgIpc) is 2.28. The smallest absolute Gasteiger partial charge is 0.224 e. The highest BCUT2D eigenvalue weighted by atomic mass is 16.5. The number of carbonyl (C=O) groups is 1. The van der Waals surface area contributed by atoms with Crippen LogP contribution < -0.4 is 0 Å². The SMILES string of the molecule is CC(C)CC(C)OCCC(=O)N1CCC(O)CC1. The first-order chi connectivity index (χ1) is 8.49. The summed E-state index contributed by atoms with van der Waals surface area (Å²) in [6.45, 7) is 8.27. The van der Waals surface area contributed by atoms with E-state index in [4.69, 9.17) is 4.74 Å². The quantitative estimate of drug-likeness (QED) is 0.789. The van der Waals surface area contributed by atoms with Crippen LogP contribution in [0, 0.1) is 5.92 Å². The maximum absolute atomic E-state index is 11.9. The van der Waals surface area contributed by atoms with Gasteiger partial charge in [0.2, 0.25) is 5.91 Å². The van der Waals surface area contributed by atoms with Crippen LogP contribution in [-0.2, 0) is 9.53 Å². The second-order valence-corrected chi connectivity index (χ2v) is 5.67. The summed E-state index contributed by atoms with van der Waals surface area (Å²) in [5.74, 6) is 0.776. The predicted octanol–water partition coefficient (Wildman–Crippen LogP) is 1.81. The van der Waals surface area contributed by atoms with E-state index in [1.54, 1.807) is 0 Å². The molecule has 0 aromatic heterocycles. The normalized spacial score (nSPS) is 19.3. The highest BCUT2D eigenvalue weighted by molar-refractivity contribution is 5.76. The zero-order chi connectivity index (χ0) is 13.5. The van der Waals surface area contributed by atoms with Crippen molar-refractivity contribution < 1.29 is 14.6 Å². The summed E-state index contributed by atoms with van der Waals surface area (Å²) in [5, 5.41) is 9.38. The Morgan fingerprint density at radius 2 is 1.94 bits per heavy atom. The molecule has 0 radical (unpaired) electrons. The van der Waals surface area contributed by atoms with Gasteiger partial charge in [-0.1, -0.05) is 13.8 Å². The van der Waals surface area contributed by atoms with Gasteiger partial charge in [-0.3, -0.25) is 4.79 Å². The van der Waals surface area contributed by atoms with Gasteiger partial charge in [0.15, 0.2) is 0 Å². The van der Waals surface area contributed by atoms with Gasteiger partial charge in [-0.15, -0.1) is 0 Å². The van der Waals surface area contributed by atoms with Gasteiger partial charge in [-0.2, -0.15) is 0 Å². The van der Waals surface area contributed by atoms with Gasteiger partial charge in [0.25, 0.3) is 0 Å². The molecule has 1 heterocycles. The lowest BCUT2D eigenvalue weighted by atomic mass is 10.1. The summed E-state index contributed by atoms with van der Waals surface area (Å²) in [6.07, 6.45) is 2.90. The van der Waals surface area contributed by atoms with E-state index in [0.29, 0.717) is 44.9 Å². The molecule has 0 aliphatic carbocycles. The highest BCUT2D eigenvalue weighted by Crippen LogP contribution is 2.12. The van der Waals surface area contributed by atoms with Gasteiger partial charge >= 0.3 is 0 Å². The molecular formula is C14H27NO3. The zero-order valence-corrected chi connectivity index (χ0v) is 11.9. The maximum atomic E-state index is 11.9. The number of rotatable bonds is 6. The van der Waals surface area contributed by atoms with Crippen LogP contribution in [0.3, 0.4) is 0 Å². The molecule has 18 heavy (non-hydrogen) atoms. The van der Waals surface area contributed by atoms with Gasteiger partial charge in [0.1, 0.15) is 0 Å². The number of aliphatic hydroxyl groups is 1. The maximum Gasteiger partial charge on any atom is 0.224 e. The fourth-order valence-electron chi connectivity index (χ4n) is 2.35. The van der Waals surface area contributed by atoms with E-state index in [9.17, 15) is 9.90 Å². The number of nitrogens with zero attached hydrogens (tertiary/aromatic N) is 1. The fraction of sp³-hybridized carbons (Fsp3) is 0.929. The van der Waals surface area contributed by atoms with Crippen molar-refractivity contribution in [3.05, 3.63) is 0 Å². The summed E-state index contributed by atoms with van der Waals surface area (Å²) in [5.41, 5.74) is 0. The number of hydrogen-bond acceptors (Lipinski definition) is 3. The van der Waals surface area contributed by atoms with Crippen LogP contribution in [0.4, 0.5) is 0 Å². The number of piperidine rings is 1. The third-order valence-corrected chi connectivity index (χ3v) is 3.34. The number of carbonyl (C=O) groups excluding carboxylic acids is 1. The van der Waals surface area contributed by atoms with Crippen LogP contribution >= 0.6 is 0 Å². The first kappa shape index (κ1) is 15.4. The summed E-state index contributed by atoms with van der Waals surface area (Å²) >= 11 is 0. The van der Waals surface area contributed by atoms with Crippen molar-refractivity contribution in [2.24, 2.45) is 5.92 Å². The third-order valence-electron chi connectivity index (χ3n) is 3.34. The van der Waals surface area contributed by atoms with Crippen molar-refractivity contribution in [1.29, 1.82) is 0 Å². The zero-order valence-electron chi connectivity index (χ0n) is 11.9. The summed E-state index contributed by atoms with van der Waals surface area (Å²) < 4.78 is 5.64. The molecule has 1 atom stereocenters. The van der Waals surface area contributed by atoms with Crippen LogP contribution in [-0.4, -0.2) is 47.8 Å². The number of ether oxygens (including phenoxy) is 1. The van der Waals surface area contributed by atoms with E-state index < -0.39 is 0 Å². The third kappa shape index (κ3) is 5.83. The van der Waals surface area contributed by atoms with E-state index in [1.165, 1.54) is 0 Å². The first-order valence-corrected chi connectivity index (χ1v) is 7.06. The van der Waals surface area contributed by atoms with Crippen LogP contribution in [0.1, 0.15) is 46.5 Å². The molecule has 0 saturated carbocycles. The minimum atomic E-state index is -0.226. The van der Waals surface area contributed by atoms with Gasteiger partial charge in [-0.05, 0) is 32.1 Å². The molecule has 1 fully saturated rings. The first-order valence-electron chi connectivity index (χ1n) is 7.06. The van der Waals surface area contributed by atoms with Crippen molar-refractivity contribution in [3.8, 4) is 0 Å². The average molecular weight is 257 g/mol. The number of aliphatic hydroxyl groups excluding tert-OH is 1. The van der Waals surface area contributed by atoms with Crippen LogP contribution in [0.25, 0.3) is 0 Å². The molecule has 1 unspecified atom stereocenters. The summed E-state index contributed by atoms with van der Waals surface area (Å²) in [7, 11) is 0. The minimum absolute atomic E-state index is 0.152. The molecular weight excluding hydrogens is 230 g/mol. The molecule has 0 bridgehead atoms. The number of amides is 1. The molecule has 1 aliphatic rings. The van der Waals surface area contributed by atoms with Crippen molar-refractivity contribution in [3.63, 3.8) is 0 Å². The lowest BCUT2D eigenvalue weighted by Crippen LogP contribution is -2.40. The van der Waals surface area contributed by atoms with Crippen LogP contribution in [0.5, 0.6) is 0 Å². The minimum Gasteiger partial charge on any atom is -0.393 e. The molecule has 1 amide bonds. The summed E-state index contributed by atoms with van der Waals surface area (Å²) in [4.78, 5) is 13.7. The number of likely N-dealkylation sites (tertiary alicyclic amines) is 1. The summed E-state index contributed by atoms with van der Waals surface area (Å²) in [6, 6.07) is 0. The monoisotopic (exact) mass is 257 g/mol. The van der Waals surface area contributed by atoms with Gasteiger partial charge in [0, 0.05) is 13.1 Å². The number of hydrogen-bond donors (Lipinski definition) is 1. The Balaban J connectivity index is 2.13. The molecule has 1 N–H and O–H groups in total. The lowest BCUT2D eigenvalue weighted by Gasteiger charge is -2.29. The lowest BCUT2D eigenvalue weighted by molar-refractivity contribution is -0.134. The van der Waals surface area contributed by atoms with Crippen molar-refractivity contribution >= 4 is 5.91 Å². The molecule has 1 rings (SSSR count). The standard InChI is InChI=1S/C14H27NO3/c1-11(2)10-12(3)18-9-6-14(17)15-7-4-13(16)5-8-15/h11-13,16H,4-10H2,1-3H3. The van der Waals surface area contributed by atoms with E-state index in [-0.39, 0.29) is 18.1 Å². The fourth-order valence-corrected chi connectivity index (χ4v) is 2.35. The van der Waals surface area contributed by atoms with Crippen molar-refractivity contribution in [2.75, 3.05) is 19.7 Å². The van der Waals surface area contributed by atoms with Gasteiger partial charge in [0.05, 0.1) is 25.2 Å². The van der Waals surface area contributed by atoms with Gasteiger partial charge in [-0.25, -0.2) is 0 Å². The Morgan fingerprint density at radius 1 is 1.33 bits per heavy atom. The second kappa shape index (κ2) is 7.74.